The molecule has 0 aromatic carbocycles. The third kappa shape index (κ3) is 47.9. The Balaban J connectivity index is 4.16. The van der Waals surface area contributed by atoms with Crippen LogP contribution < -0.4 is 0 Å². The van der Waals surface area contributed by atoms with Gasteiger partial charge in [0.2, 0.25) is 0 Å². The zero-order chi connectivity index (χ0) is 45.4. The first-order chi connectivity index (χ1) is 30.3. The van der Waals surface area contributed by atoms with Crippen LogP contribution in [-0.4, -0.2) is 37.2 Å². The third-order valence-electron chi connectivity index (χ3n) is 13.1. The molecule has 62 heavy (non-hydrogen) atoms. The lowest BCUT2D eigenvalue weighted by Gasteiger charge is -2.18. The molecule has 6 nitrogen and oxygen atoms in total. The van der Waals surface area contributed by atoms with Crippen LogP contribution in [0.3, 0.4) is 0 Å². The Kier molecular flexibility index (Phi) is 47.6. The van der Waals surface area contributed by atoms with Crippen molar-refractivity contribution in [2.75, 3.05) is 13.2 Å². The van der Waals surface area contributed by atoms with E-state index in [-0.39, 0.29) is 31.1 Å². The van der Waals surface area contributed by atoms with Gasteiger partial charge in [0.1, 0.15) is 13.2 Å². The van der Waals surface area contributed by atoms with E-state index in [1.54, 1.807) is 0 Å². The topological polar surface area (TPSA) is 78.9 Å². The summed E-state index contributed by atoms with van der Waals surface area (Å²) < 4.78 is 16.8. The summed E-state index contributed by atoms with van der Waals surface area (Å²) in [7, 11) is 0. The minimum atomic E-state index is -0.761. The highest BCUT2D eigenvalue weighted by Crippen LogP contribution is 2.18. The van der Waals surface area contributed by atoms with Gasteiger partial charge in [0.15, 0.2) is 6.10 Å². The summed E-state index contributed by atoms with van der Waals surface area (Å²) >= 11 is 0. The van der Waals surface area contributed by atoms with Crippen molar-refractivity contribution in [1.29, 1.82) is 0 Å². The molecule has 0 radical (unpaired) electrons. The average Bonchev–Trinajstić information content (AvgIpc) is 3.26. The van der Waals surface area contributed by atoms with Gasteiger partial charge in [0, 0.05) is 19.3 Å². The number of rotatable bonds is 50. The molecule has 0 bridgehead atoms. The molecule has 1 unspecified atom stereocenters. The molecule has 368 valence electrons. The second-order valence-corrected chi connectivity index (χ2v) is 19.9. The Hall–Kier alpha value is -1.59. The molecule has 0 aliphatic rings. The number of hydrogen-bond donors (Lipinski definition) is 0. The summed E-state index contributed by atoms with van der Waals surface area (Å²) in [5, 5.41) is 0. The van der Waals surface area contributed by atoms with Crippen LogP contribution in [0.4, 0.5) is 0 Å². The van der Waals surface area contributed by atoms with Crippen LogP contribution >= 0.6 is 0 Å². The molecule has 0 saturated heterocycles. The Morgan fingerprint density at radius 2 is 0.613 bits per heavy atom. The van der Waals surface area contributed by atoms with Crippen molar-refractivity contribution in [2.24, 2.45) is 11.8 Å². The lowest BCUT2D eigenvalue weighted by molar-refractivity contribution is -0.167. The molecule has 0 aromatic rings. The van der Waals surface area contributed by atoms with Gasteiger partial charge in [-0.15, -0.1) is 0 Å². The predicted octanol–water partition coefficient (Wildman–Crippen LogP) is 18.1. The van der Waals surface area contributed by atoms with Gasteiger partial charge >= 0.3 is 17.9 Å². The number of esters is 3. The molecular weight excluding hydrogens is 769 g/mol. The molecule has 0 saturated carbocycles. The standard InChI is InChI=1S/C56H108O6/c1-6-8-9-10-11-12-26-33-38-43-48-56(59)62-53(50-61-55(58)47-42-37-32-28-23-24-29-34-39-44-51(3)4)49-60-54(57)46-41-36-31-27-22-20-18-16-14-13-15-17-19-21-25-30-35-40-45-52(5)7-2/h51-53H,6-50H2,1-5H3/t52?,53-/m0/s1. The Morgan fingerprint density at radius 3 is 0.919 bits per heavy atom. The average molecular weight is 877 g/mol. The molecule has 0 heterocycles. The van der Waals surface area contributed by atoms with E-state index in [2.05, 4.69) is 34.6 Å². The highest BCUT2D eigenvalue weighted by atomic mass is 16.6. The van der Waals surface area contributed by atoms with Crippen LogP contribution in [0.5, 0.6) is 0 Å². The van der Waals surface area contributed by atoms with E-state index < -0.39 is 6.10 Å². The fourth-order valence-electron chi connectivity index (χ4n) is 8.49. The van der Waals surface area contributed by atoms with Gasteiger partial charge in [0.25, 0.3) is 0 Å². The van der Waals surface area contributed by atoms with E-state index in [1.807, 2.05) is 0 Å². The molecule has 2 atom stereocenters. The maximum atomic E-state index is 12.8. The molecular formula is C56H108O6. The number of ether oxygens (including phenoxy) is 3. The molecule has 6 heteroatoms. The molecule has 0 fully saturated rings. The fraction of sp³-hybridized carbons (Fsp3) is 0.946. The maximum absolute atomic E-state index is 12.8. The predicted molar refractivity (Wildman–Crippen MR) is 266 cm³/mol. The van der Waals surface area contributed by atoms with Crippen molar-refractivity contribution in [1.82, 2.24) is 0 Å². The van der Waals surface area contributed by atoms with E-state index in [0.717, 1.165) is 69.6 Å². The minimum Gasteiger partial charge on any atom is -0.462 e. The second kappa shape index (κ2) is 48.9. The van der Waals surface area contributed by atoms with E-state index in [9.17, 15) is 14.4 Å². The monoisotopic (exact) mass is 877 g/mol. The summed E-state index contributed by atoms with van der Waals surface area (Å²) in [5.74, 6) is 0.872. The highest BCUT2D eigenvalue weighted by Gasteiger charge is 2.19. The normalized spacial score (nSPS) is 12.5. The highest BCUT2D eigenvalue weighted by molar-refractivity contribution is 5.71. The van der Waals surface area contributed by atoms with Gasteiger partial charge < -0.3 is 14.2 Å². The van der Waals surface area contributed by atoms with Crippen LogP contribution in [0.15, 0.2) is 0 Å². The summed E-state index contributed by atoms with van der Waals surface area (Å²) in [6.45, 7) is 11.4. The van der Waals surface area contributed by atoms with Crippen molar-refractivity contribution in [3.8, 4) is 0 Å². The summed E-state index contributed by atoms with van der Waals surface area (Å²) in [5.41, 5.74) is 0. The van der Waals surface area contributed by atoms with Crippen molar-refractivity contribution in [3.05, 3.63) is 0 Å². The quantitative estimate of drug-likeness (QED) is 0.0344. The Morgan fingerprint density at radius 1 is 0.339 bits per heavy atom. The zero-order valence-electron chi connectivity index (χ0n) is 42.5. The smallest absolute Gasteiger partial charge is 0.306 e. The summed E-state index contributed by atoms with van der Waals surface area (Å²) in [6, 6.07) is 0. The van der Waals surface area contributed by atoms with Gasteiger partial charge in [-0.1, -0.05) is 272 Å². The zero-order valence-corrected chi connectivity index (χ0v) is 42.5. The number of hydrogen-bond acceptors (Lipinski definition) is 6. The van der Waals surface area contributed by atoms with Gasteiger partial charge in [-0.2, -0.15) is 0 Å². The van der Waals surface area contributed by atoms with Crippen molar-refractivity contribution >= 4 is 17.9 Å². The Labute approximate surface area is 387 Å². The van der Waals surface area contributed by atoms with Crippen LogP contribution in [0.25, 0.3) is 0 Å². The fourth-order valence-corrected chi connectivity index (χ4v) is 8.49. The van der Waals surface area contributed by atoms with Crippen LogP contribution in [0, 0.1) is 11.8 Å². The third-order valence-corrected chi connectivity index (χ3v) is 13.1. The number of carbonyl (C=O) groups is 3. The SMILES string of the molecule is CCCCCCCCCCCCC(=O)O[C@@H](COC(=O)CCCCCCCCCCCCCCCCCCCCC(C)CC)COC(=O)CCCCCCCCCCCC(C)C. The van der Waals surface area contributed by atoms with Crippen molar-refractivity contribution in [2.45, 2.75) is 317 Å². The van der Waals surface area contributed by atoms with Crippen LogP contribution in [0.2, 0.25) is 0 Å². The van der Waals surface area contributed by atoms with Crippen LogP contribution in [0.1, 0.15) is 311 Å². The van der Waals surface area contributed by atoms with E-state index in [1.165, 1.54) is 199 Å². The molecule has 0 N–H and O–H groups in total. The summed E-state index contributed by atoms with van der Waals surface area (Å²) in [4.78, 5) is 37.9. The molecule has 0 aliphatic heterocycles. The summed E-state index contributed by atoms with van der Waals surface area (Å²) in [6.07, 6.45) is 51.0. The first kappa shape index (κ1) is 60.4. The number of carbonyl (C=O) groups excluding carboxylic acids is 3. The molecule has 0 spiro atoms. The largest absolute Gasteiger partial charge is 0.462 e. The van der Waals surface area contributed by atoms with E-state index in [0.29, 0.717) is 19.3 Å². The number of unbranched alkanes of at least 4 members (excludes halogenated alkanes) is 34. The van der Waals surface area contributed by atoms with E-state index in [4.69, 9.17) is 14.2 Å². The minimum absolute atomic E-state index is 0.0634. The van der Waals surface area contributed by atoms with Crippen molar-refractivity contribution < 1.29 is 28.6 Å². The lowest BCUT2D eigenvalue weighted by atomic mass is 9.99. The molecule has 0 amide bonds. The van der Waals surface area contributed by atoms with Gasteiger partial charge in [0.05, 0.1) is 0 Å². The first-order valence-corrected chi connectivity index (χ1v) is 27.8. The van der Waals surface area contributed by atoms with Gasteiger partial charge in [-0.3, -0.25) is 14.4 Å². The Bertz CT molecular complexity index is 949. The van der Waals surface area contributed by atoms with E-state index >= 15 is 0 Å². The second-order valence-electron chi connectivity index (χ2n) is 19.9. The van der Waals surface area contributed by atoms with Gasteiger partial charge in [-0.25, -0.2) is 0 Å². The molecule has 0 aliphatic carbocycles. The van der Waals surface area contributed by atoms with Gasteiger partial charge in [-0.05, 0) is 31.1 Å². The first-order valence-electron chi connectivity index (χ1n) is 27.8. The lowest BCUT2D eigenvalue weighted by Crippen LogP contribution is -2.30. The van der Waals surface area contributed by atoms with Crippen molar-refractivity contribution in [3.63, 3.8) is 0 Å². The molecule has 0 aromatic heterocycles. The maximum Gasteiger partial charge on any atom is 0.306 e. The van der Waals surface area contributed by atoms with Crippen LogP contribution in [-0.2, 0) is 28.6 Å². The molecule has 0 rings (SSSR count).